The highest BCUT2D eigenvalue weighted by Crippen LogP contribution is 2.34. The summed E-state index contributed by atoms with van der Waals surface area (Å²) < 4.78 is 23.5. The lowest BCUT2D eigenvalue weighted by atomic mass is 10.1. The van der Waals surface area contributed by atoms with Crippen molar-refractivity contribution in [3.05, 3.63) is 76.8 Å². The first-order chi connectivity index (χ1) is 14.7. The van der Waals surface area contributed by atoms with Crippen molar-refractivity contribution >= 4 is 11.6 Å². The summed E-state index contributed by atoms with van der Waals surface area (Å²) in [6.45, 7) is 2.27. The molecule has 8 heteroatoms. The Morgan fingerprint density at radius 2 is 2.07 bits per heavy atom. The largest absolute Gasteiger partial charge is 0.483 e. The van der Waals surface area contributed by atoms with E-state index in [9.17, 15) is 4.39 Å². The number of para-hydroxylation sites is 1. The van der Waals surface area contributed by atoms with E-state index in [1.165, 1.54) is 6.07 Å². The number of hydrogen-bond acceptors (Lipinski definition) is 4. The first-order valence-electron chi connectivity index (χ1n) is 9.24. The van der Waals surface area contributed by atoms with Crippen LogP contribution in [0.15, 0.2) is 48.8 Å². The summed E-state index contributed by atoms with van der Waals surface area (Å²) in [5.41, 5.74) is 3.29. The average molecular weight is 420 g/mol. The van der Waals surface area contributed by atoms with Crippen LogP contribution in [0.1, 0.15) is 24.1 Å². The Balaban J connectivity index is 1.62. The highest BCUT2D eigenvalue weighted by Gasteiger charge is 2.26. The molecule has 0 bridgehead atoms. The van der Waals surface area contributed by atoms with E-state index in [1.807, 2.05) is 27.3 Å². The van der Waals surface area contributed by atoms with Crippen molar-refractivity contribution < 1.29 is 9.13 Å². The van der Waals surface area contributed by atoms with Gasteiger partial charge < -0.3 is 9.30 Å². The van der Waals surface area contributed by atoms with Gasteiger partial charge in [-0.25, -0.2) is 9.37 Å². The molecule has 6 nitrogen and oxygen atoms in total. The van der Waals surface area contributed by atoms with Crippen molar-refractivity contribution in [2.45, 2.75) is 20.1 Å². The van der Waals surface area contributed by atoms with Crippen LogP contribution in [0, 0.1) is 17.7 Å². The number of benzene rings is 2. The summed E-state index contributed by atoms with van der Waals surface area (Å²) in [6, 6.07) is 11.9. The molecule has 148 valence electrons. The second-order valence-electron chi connectivity index (χ2n) is 6.69. The number of imidazole rings is 1. The SMILES string of the molecule is CC#Cc1ncn2c1Cn1c(COc3ccccc3F)nnc1-c1cc(Cl)ccc1-2. The van der Waals surface area contributed by atoms with E-state index in [0.717, 1.165) is 16.9 Å². The maximum Gasteiger partial charge on any atom is 0.171 e. The molecule has 0 spiro atoms. The summed E-state index contributed by atoms with van der Waals surface area (Å²) >= 11 is 6.27. The molecule has 4 aromatic rings. The monoisotopic (exact) mass is 419 g/mol. The molecular weight excluding hydrogens is 405 g/mol. The second kappa shape index (κ2) is 7.32. The molecule has 30 heavy (non-hydrogen) atoms. The quantitative estimate of drug-likeness (QED) is 0.410. The Labute approximate surface area is 176 Å². The van der Waals surface area contributed by atoms with Crippen LogP contribution in [0.3, 0.4) is 0 Å². The van der Waals surface area contributed by atoms with E-state index >= 15 is 0 Å². The Hall–Kier alpha value is -3.63. The second-order valence-corrected chi connectivity index (χ2v) is 7.13. The van der Waals surface area contributed by atoms with E-state index in [4.69, 9.17) is 16.3 Å². The van der Waals surface area contributed by atoms with Crippen LogP contribution in [0.2, 0.25) is 5.02 Å². The van der Waals surface area contributed by atoms with Crippen molar-refractivity contribution in [2.24, 2.45) is 0 Å². The number of nitrogens with zero attached hydrogens (tertiary/aromatic N) is 5. The van der Waals surface area contributed by atoms with Gasteiger partial charge in [-0.05, 0) is 43.2 Å². The Kier molecular flexibility index (Phi) is 4.49. The van der Waals surface area contributed by atoms with E-state index in [-0.39, 0.29) is 12.4 Å². The predicted molar refractivity (Wildman–Crippen MR) is 110 cm³/mol. The van der Waals surface area contributed by atoms with Crippen LogP contribution in [0.5, 0.6) is 5.75 Å². The molecule has 0 amide bonds. The molecule has 5 rings (SSSR count). The van der Waals surface area contributed by atoms with Gasteiger partial charge in [0.2, 0.25) is 0 Å². The van der Waals surface area contributed by atoms with Gasteiger partial charge in [-0.3, -0.25) is 4.57 Å². The van der Waals surface area contributed by atoms with Crippen LogP contribution in [-0.2, 0) is 13.2 Å². The van der Waals surface area contributed by atoms with Crippen molar-refractivity contribution in [2.75, 3.05) is 0 Å². The standard InChI is InChI=1S/C22H15ClFN5O/c1-2-5-17-19-11-28-21(12-30-20-7-4-3-6-16(20)24)26-27-22(28)15-10-14(23)8-9-18(15)29(19)13-25-17/h3-4,6-10,13H,11-12H2,1H3. The number of rotatable bonds is 3. The predicted octanol–water partition coefficient (Wildman–Crippen LogP) is 4.24. The van der Waals surface area contributed by atoms with Gasteiger partial charge in [0, 0.05) is 10.6 Å². The number of hydrogen-bond donors (Lipinski definition) is 0. The highest BCUT2D eigenvalue weighted by atomic mass is 35.5. The summed E-state index contributed by atoms with van der Waals surface area (Å²) in [6.07, 6.45) is 1.75. The number of fused-ring (bicyclic) bond motifs is 5. The van der Waals surface area contributed by atoms with Gasteiger partial charge in [0.25, 0.3) is 0 Å². The van der Waals surface area contributed by atoms with Crippen molar-refractivity contribution in [3.63, 3.8) is 0 Å². The summed E-state index contributed by atoms with van der Waals surface area (Å²) in [4.78, 5) is 4.46. The zero-order valence-corrected chi connectivity index (χ0v) is 16.7. The molecule has 2 aromatic carbocycles. The first kappa shape index (κ1) is 18.4. The van der Waals surface area contributed by atoms with Crippen LogP contribution in [-0.4, -0.2) is 24.3 Å². The lowest BCUT2D eigenvalue weighted by molar-refractivity contribution is 0.276. The normalized spacial score (nSPS) is 11.6. The molecule has 0 unspecified atom stereocenters. The van der Waals surface area contributed by atoms with Crippen molar-refractivity contribution in [1.29, 1.82) is 0 Å². The third kappa shape index (κ3) is 3.02. The molecule has 0 saturated heterocycles. The number of ether oxygens (including phenoxy) is 1. The molecule has 0 aliphatic carbocycles. The number of aromatic nitrogens is 5. The van der Waals surface area contributed by atoms with E-state index < -0.39 is 5.82 Å². The lowest BCUT2D eigenvalue weighted by Crippen LogP contribution is -2.11. The minimum Gasteiger partial charge on any atom is -0.483 e. The molecule has 1 aliphatic rings. The third-order valence-electron chi connectivity index (χ3n) is 4.90. The first-order valence-corrected chi connectivity index (χ1v) is 9.62. The Morgan fingerprint density at radius 3 is 2.90 bits per heavy atom. The minimum absolute atomic E-state index is 0.0623. The molecule has 2 aromatic heterocycles. The smallest absolute Gasteiger partial charge is 0.171 e. The summed E-state index contributed by atoms with van der Waals surface area (Å²) in [5, 5.41) is 9.27. The number of halogens is 2. The Morgan fingerprint density at radius 1 is 1.20 bits per heavy atom. The van der Waals surface area contributed by atoms with Crippen LogP contribution < -0.4 is 4.74 Å². The maximum atomic E-state index is 13.9. The molecule has 0 saturated carbocycles. The molecular formula is C22H15ClFN5O. The van der Waals surface area contributed by atoms with Crippen molar-refractivity contribution in [1.82, 2.24) is 24.3 Å². The van der Waals surface area contributed by atoms with E-state index in [0.29, 0.717) is 28.9 Å². The zero-order chi connectivity index (χ0) is 20.7. The van der Waals surface area contributed by atoms with Crippen LogP contribution in [0.25, 0.3) is 17.1 Å². The fourth-order valence-corrected chi connectivity index (χ4v) is 3.69. The van der Waals surface area contributed by atoms with E-state index in [1.54, 1.807) is 31.5 Å². The average Bonchev–Trinajstić information content (AvgIpc) is 3.29. The maximum absolute atomic E-state index is 13.9. The summed E-state index contributed by atoms with van der Waals surface area (Å²) in [7, 11) is 0. The zero-order valence-electron chi connectivity index (χ0n) is 15.9. The van der Waals surface area contributed by atoms with Gasteiger partial charge in [-0.15, -0.1) is 10.2 Å². The lowest BCUT2D eigenvalue weighted by Gasteiger charge is -2.10. The molecule has 1 aliphatic heterocycles. The van der Waals surface area contributed by atoms with Crippen LogP contribution in [0.4, 0.5) is 4.39 Å². The molecule has 0 atom stereocenters. The third-order valence-corrected chi connectivity index (χ3v) is 5.13. The molecule has 0 fully saturated rings. The van der Waals surface area contributed by atoms with Gasteiger partial charge in [0.05, 0.1) is 17.9 Å². The van der Waals surface area contributed by atoms with Gasteiger partial charge in [0.15, 0.2) is 23.2 Å². The van der Waals surface area contributed by atoms with Gasteiger partial charge in [-0.2, -0.15) is 0 Å². The molecule has 0 radical (unpaired) electrons. The topological polar surface area (TPSA) is 57.8 Å². The van der Waals surface area contributed by atoms with Crippen LogP contribution >= 0.6 is 11.6 Å². The van der Waals surface area contributed by atoms with Gasteiger partial charge in [0.1, 0.15) is 18.6 Å². The molecule has 3 heterocycles. The Bertz CT molecular complexity index is 1330. The molecule has 0 N–H and O–H groups in total. The highest BCUT2D eigenvalue weighted by molar-refractivity contribution is 6.31. The fourth-order valence-electron chi connectivity index (χ4n) is 3.51. The van der Waals surface area contributed by atoms with Crippen molar-refractivity contribution in [3.8, 4) is 34.7 Å². The minimum atomic E-state index is -0.427. The summed E-state index contributed by atoms with van der Waals surface area (Å²) in [5.74, 6) is 6.90. The fraction of sp³-hybridized carbons (Fsp3) is 0.136. The van der Waals surface area contributed by atoms with Gasteiger partial charge in [-0.1, -0.05) is 29.7 Å². The van der Waals surface area contributed by atoms with Gasteiger partial charge >= 0.3 is 0 Å². The van der Waals surface area contributed by atoms with E-state index in [2.05, 4.69) is 27.0 Å².